The van der Waals surface area contributed by atoms with Gasteiger partial charge in [0.1, 0.15) is 5.75 Å². The topological polar surface area (TPSA) is 97.8 Å². The predicted molar refractivity (Wildman–Crippen MR) is 95.9 cm³/mol. The zero-order chi connectivity index (χ0) is 19.2. The Bertz CT molecular complexity index is 823. The number of anilines is 1. The zero-order valence-electron chi connectivity index (χ0n) is 14.8. The van der Waals surface area contributed by atoms with Crippen molar-refractivity contribution < 1.29 is 23.9 Å². The molecule has 2 amide bonds. The van der Waals surface area contributed by atoms with Gasteiger partial charge in [0.05, 0.1) is 25.3 Å². The number of hydrogen-bond donors (Lipinski definition) is 1. The number of ether oxygens (including phenoxy) is 2. The number of esters is 1. The second-order valence-electron chi connectivity index (χ2n) is 6.06. The van der Waals surface area contributed by atoms with Crippen LogP contribution in [0.2, 0.25) is 0 Å². The van der Waals surface area contributed by atoms with Crippen LogP contribution in [0.3, 0.4) is 0 Å². The van der Waals surface area contributed by atoms with Crippen molar-refractivity contribution >= 4 is 23.7 Å². The molecule has 3 rings (SSSR count). The molecular formula is C19H19N3O5. The van der Waals surface area contributed by atoms with Gasteiger partial charge in [-0.3, -0.25) is 19.9 Å². The molecule has 1 aliphatic heterocycles. The Balaban J connectivity index is 1.55. The maximum Gasteiger partial charge on any atom is 0.411 e. The molecule has 1 N–H and O–H groups in total. The van der Waals surface area contributed by atoms with Crippen LogP contribution in [0, 0.1) is 5.92 Å². The van der Waals surface area contributed by atoms with Crippen molar-refractivity contribution in [2.75, 3.05) is 19.0 Å². The van der Waals surface area contributed by atoms with Gasteiger partial charge in [-0.1, -0.05) is 6.07 Å². The van der Waals surface area contributed by atoms with E-state index in [1.165, 1.54) is 7.11 Å². The molecular weight excluding hydrogens is 350 g/mol. The first-order chi connectivity index (χ1) is 13.0. The number of rotatable bonds is 5. The molecule has 0 aliphatic carbocycles. The summed E-state index contributed by atoms with van der Waals surface area (Å²) in [4.78, 5) is 41.5. The summed E-state index contributed by atoms with van der Waals surface area (Å²) < 4.78 is 9.86. The van der Waals surface area contributed by atoms with Crippen molar-refractivity contribution in [1.29, 1.82) is 0 Å². The van der Waals surface area contributed by atoms with Crippen molar-refractivity contribution in [2.24, 2.45) is 5.92 Å². The molecule has 0 saturated carbocycles. The van der Waals surface area contributed by atoms with E-state index >= 15 is 0 Å². The Morgan fingerprint density at radius 3 is 2.67 bits per heavy atom. The lowest BCUT2D eigenvalue weighted by Crippen LogP contribution is -2.27. The van der Waals surface area contributed by atoms with Crippen molar-refractivity contribution in [3.8, 4) is 5.75 Å². The molecule has 1 unspecified atom stereocenters. The smallest absolute Gasteiger partial charge is 0.411 e. The third-order valence-corrected chi connectivity index (χ3v) is 4.13. The van der Waals surface area contributed by atoms with Crippen molar-refractivity contribution in [1.82, 2.24) is 9.88 Å². The van der Waals surface area contributed by atoms with Gasteiger partial charge < -0.3 is 14.4 Å². The number of likely N-dealkylation sites (tertiary alicyclic amines) is 1. The molecule has 0 bridgehead atoms. The Morgan fingerprint density at radius 2 is 2.00 bits per heavy atom. The lowest BCUT2D eigenvalue weighted by molar-refractivity contribution is -0.139. The van der Waals surface area contributed by atoms with Gasteiger partial charge in [0, 0.05) is 24.8 Å². The van der Waals surface area contributed by atoms with E-state index in [1.54, 1.807) is 41.4 Å². The molecule has 8 heteroatoms. The minimum atomic E-state index is -0.586. The lowest BCUT2D eigenvalue weighted by atomic mass is 10.1. The average Bonchev–Trinajstić information content (AvgIpc) is 3.04. The van der Waals surface area contributed by atoms with Crippen molar-refractivity contribution in [3.63, 3.8) is 0 Å². The predicted octanol–water partition coefficient (Wildman–Crippen LogP) is 2.21. The molecule has 1 aliphatic rings. The molecule has 2 heterocycles. The van der Waals surface area contributed by atoms with Crippen LogP contribution in [-0.2, 0) is 20.9 Å². The molecule has 1 aromatic heterocycles. The van der Waals surface area contributed by atoms with E-state index < -0.39 is 18.0 Å². The van der Waals surface area contributed by atoms with Gasteiger partial charge in [-0.15, -0.1) is 0 Å². The van der Waals surface area contributed by atoms with Crippen LogP contribution in [0.1, 0.15) is 12.1 Å². The minimum Gasteiger partial charge on any atom is -0.453 e. The Labute approximate surface area is 156 Å². The SMILES string of the molecule is COC(=O)Nc1ccc(OC(=O)C2CC(=O)N(Cc3ccccn3)C2)cc1. The van der Waals surface area contributed by atoms with Crippen LogP contribution in [0.4, 0.5) is 10.5 Å². The summed E-state index contributed by atoms with van der Waals surface area (Å²) in [7, 11) is 1.27. The molecule has 1 saturated heterocycles. The Morgan fingerprint density at radius 1 is 1.22 bits per heavy atom. The molecule has 1 atom stereocenters. The molecule has 1 aromatic carbocycles. The number of amides is 2. The summed E-state index contributed by atoms with van der Waals surface area (Å²) in [5, 5.41) is 2.50. The minimum absolute atomic E-state index is 0.0970. The highest BCUT2D eigenvalue weighted by atomic mass is 16.5. The number of nitrogens with one attached hydrogen (secondary N) is 1. The molecule has 27 heavy (non-hydrogen) atoms. The van der Waals surface area contributed by atoms with Crippen LogP contribution in [0.5, 0.6) is 5.75 Å². The summed E-state index contributed by atoms with van der Waals surface area (Å²) in [6.45, 7) is 0.674. The maximum atomic E-state index is 12.4. The van der Waals surface area contributed by atoms with E-state index in [1.807, 2.05) is 12.1 Å². The lowest BCUT2D eigenvalue weighted by Gasteiger charge is -2.15. The summed E-state index contributed by atoms with van der Waals surface area (Å²) >= 11 is 0. The van der Waals surface area contributed by atoms with Gasteiger partial charge in [0.2, 0.25) is 5.91 Å². The van der Waals surface area contributed by atoms with Crippen LogP contribution in [0.15, 0.2) is 48.7 Å². The number of carbonyl (C=O) groups is 3. The highest BCUT2D eigenvalue weighted by Gasteiger charge is 2.35. The van der Waals surface area contributed by atoms with E-state index in [2.05, 4.69) is 15.0 Å². The van der Waals surface area contributed by atoms with Crippen LogP contribution < -0.4 is 10.1 Å². The summed E-state index contributed by atoms with van der Waals surface area (Å²) in [5.41, 5.74) is 1.28. The van der Waals surface area contributed by atoms with E-state index in [0.717, 1.165) is 5.69 Å². The fraction of sp³-hybridized carbons (Fsp3) is 0.263. The van der Waals surface area contributed by atoms with E-state index in [9.17, 15) is 14.4 Å². The highest BCUT2D eigenvalue weighted by molar-refractivity contribution is 5.88. The molecule has 2 aromatic rings. The fourth-order valence-electron chi connectivity index (χ4n) is 2.74. The number of aromatic nitrogens is 1. The van der Waals surface area contributed by atoms with Gasteiger partial charge in [-0.05, 0) is 36.4 Å². The highest BCUT2D eigenvalue weighted by Crippen LogP contribution is 2.23. The number of benzene rings is 1. The molecule has 0 radical (unpaired) electrons. The van der Waals surface area contributed by atoms with Gasteiger partial charge in [0.15, 0.2) is 0 Å². The summed E-state index contributed by atoms with van der Waals surface area (Å²) in [6, 6.07) is 11.8. The zero-order valence-corrected chi connectivity index (χ0v) is 14.8. The third kappa shape index (κ3) is 4.81. The quantitative estimate of drug-likeness (QED) is 0.641. The van der Waals surface area contributed by atoms with E-state index in [4.69, 9.17) is 4.74 Å². The summed E-state index contributed by atoms with van der Waals surface area (Å²) in [5.74, 6) is -0.735. The van der Waals surface area contributed by atoms with E-state index in [-0.39, 0.29) is 12.3 Å². The second-order valence-corrected chi connectivity index (χ2v) is 6.06. The first-order valence-corrected chi connectivity index (χ1v) is 8.39. The largest absolute Gasteiger partial charge is 0.453 e. The third-order valence-electron chi connectivity index (χ3n) is 4.13. The molecule has 1 fully saturated rings. The second kappa shape index (κ2) is 8.31. The van der Waals surface area contributed by atoms with Gasteiger partial charge in [-0.25, -0.2) is 4.79 Å². The van der Waals surface area contributed by atoms with Crippen molar-refractivity contribution in [2.45, 2.75) is 13.0 Å². The van der Waals surface area contributed by atoms with Crippen LogP contribution in [-0.4, -0.2) is 41.5 Å². The first kappa shape index (κ1) is 18.4. The Kier molecular flexibility index (Phi) is 5.65. The van der Waals surface area contributed by atoms with Crippen molar-refractivity contribution in [3.05, 3.63) is 54.4 Å². The number of methoxy groups -OCH3 is 1. The first-order valence-electron chi connectivity index (χ1n) is 8.39. The molecule has 8 nitrogen and oxygen atoms in total. The fourth-order valence-corrected chi connectivity index (χ4v) is 2.74. The van der Waals surface area contributed by atoms with Gasteiger partial charge in [-0.2, -0.15) is 0 Å². The number of pyridine rings is 1. The monoisotopic (exact) mass is 369 g/mol. The van der Waals surface area contributed by atoms with Crippen LogP contribution in [0.25, 0.3) is 0 Å². The normalized spacial score (nSPS) is 16.1. The number of hydrogen-bond acceptors (Lipinski definition) is 6. The molecule has 140 valence electrons. The van der Waals surface area contributed by atoms with Gasteiger partial charge in [0.25, 0.3) is 0 Å². The standard InChI is InChI=1S/C19H19N3O5/c1-26-19(25)21-14-5-7-16(8-6-14)27-18(24)13-10-17(23)22(11-13)12-15-4-2-3-9-20-15/h2-9,13H,10-12H2,1H3,(H,21,25). The maximum absolute atomic E-state index is 12.4. The van der Waals surface area contributed by atoms with Gasteiger partial charge >= 0.3 is 12.1 Å². The number of nitrogens with zero attached hydrogens (tertiary/aromatic N) is 2. The average molecular weight is 369 g/mol. The van der Waals surface area contributed by atoms with E-state index in [0.29, 0.717) is 24.5 Å². The molecule has 0 spiro atoms. The summed E-state index contributed by atoms with van der Waals surface area (Å²) in [6.07, 6.45) is 1.20. The van der Waals surface area contributed by atoms with Crippen LogP contribution >= 0.6 is 0 Å². The number of carbonyl (C=O) groups excluding carboxylic acids is 3. The Hall–Kier alpha value is -3.42.